The first kappa shape index (κ1) is 9.92. The van der Waals surface area contributed by atoms with Gasteiger partial charge in [-0.15, -0.1) is 11.8 Å². The van der Waals surface area contributed by atoms with Crippen molar-refractivity contribution in [1.82, 2.24) is 0 Å². The molecule has 0 atom stereocenters. The summed E-state index contributed by atoms with van der Waals surface area (Å²) in [5.74, 6) is -0.0158. The number of rotatable bonds is 3. The van der Waals surface area contributed by atoms with Gasteiger partial charge in [-0.25, -0.2) is 4.79 Å². The number of hydrogen-bond acceptors (Lipinski definition) is 4. The Morgan fingerprint density at radius 3 is 3.00 bits per heavy atom. The first-order valence-electron chi connectivity index (χ1n) is 3.69. The molecule has 0 spiro atoms. The number of carbonyl (C=O) groups excluding carboxylic acids is 1. The highest BCUT2D eigenvalue weighted by molar-refractivity contribution is 7.98. The lowest BCUT2D eigenvalue weighted by atomic mass is 10.2. The smallest absolute Gasteiger partial charge is 0.339 e. The van der Waals surface area contributed by atoms with E-state index >= 15 is 0 Å². The number of thioether (sulfide) groups is 1. The predicted octanol–water partition coefficient (Wildman–Crippen LogP) is 1.87. The molecule has 1 rings (SSSR count). The maximum atomic E-state index is 11.2. The summed E-state index contributed by atoms with van der Waals surface area (Å²) in [4.78, 5) is 11.2. The highest BCUT2D eigenvalue weighted by atomic mass is 32.2. The summed E-state index contributed by atoms with van der Waals surface area (Å²) in [7, 11) is 0. The number of aromatic hydroxyl groups is 1. The topological polar surface area (TPSA) is 46.5 Å². The molecule has 0 saturated carbocycles. The Balaban J connectivity index is 2.66. The van der Waals surface area contributed by atoms with E-state index in [0.717, 1.165) is 0 Å². The fourth-order valence-corrected chi connectivity index (χ4v) is 1.05. The maximum absolute atomic E-state index is 11.2. The molecule has 4 heteroatoms. The minimum Gasteiger partial charge on any atom is -0.508 e. The van der Waals surface area contributed by atoms with E-state index in [1.165, 1.54) is 23.9 Å². The summed E-state index contributed by atoms with van der Waals surface area (Å²) >= 11 is 1.42. The number of benzene rings is 1. The molecule has 0 aromatic heterocycles. The van der Waals surface area contributed by atoms with Gasteiger partial charge in [-0.2, -0.15) is 0 Å². The number of phenols is 1. The quantitative estimate of drug-likeness (QED) is 0.595. The summed E-state index contributed by atoms with van der Waals surface area (Å²) in [5, 5.41) is 9.07. The minimum absolute atomic E-state index is 0.0681. The standard InChI is InChI=1S/C9H10O3S/c1-13-6-12-9(11)7-3-2-4-8(10)5-7/h2-5,10H,6H2,1H3. The van der Waals surface area contributed by atoms with E-state index in [0.29, 0.717) is 11.5 Å². The van der Waals surface area contributed by atoms with Gasteiger partial charge in [-0.1, -0.05) is 6.07 Å². The molecular formula is C9H10O3S. The normalized spacial score (nSPS) is 9.62. The molecule has 0 bridgehead atoms. The molecule has 3 nitrogen and oxygen atoms in total. The Bertz CT molecular complexity index is 299. The zero-order valence-corrected chi connectivity index (χ0v) is 8.00. The molecule has 0 fully saturated rings. The Morgan fingerprint density at radius 1 is 1.62 bits per heavy atom. The van der Waals surface area contributed by atoms with Gasteiger partial charge in [-0.05, 0) is 24.5 Å². The van der Waals surface area contributed by atoms with Gasteiger partial charge in [0.25, 0.3) is 0 Å². The zero-order chi connectivity index (χ0) is 9.68. The molecule has 0 amide bonds. The number of carbonyl (C=O) groups is 1. The summed E-state index contributed by atoms with van der Waals surface area (Å²) in [6, 6.07) is 6.08. The predicted molar refractivity (Wildman–Crippen MR) is 51.9 cm³/mol. The van der Waals surface area contributed by atoms with Crippen molar-refractivity contribution in [3.8, 4) is 5.75 Å². The number of esters is 1. The van der Waals surface area contributed by atoms with Gasteiger partial charge in [0, 0.05) is 0 Å². The van der Waals surface area contributed by atoms with Gasteiger partial charge in [0.2, 0.25) is 0 Å². The molecule has 0 heterocycles. The molecule has 70 valence electrons. The highest BCUT2D eigenvalue weighted by Crippen LogP contribution is 2.12. The van der Waals surface area contributed by atoms with Crippen molar-refractivity contribution in [2.75, 3.05) is 12.2 Å². The number of hydrogen-bond donors (Lipinski definition) is 1. The Morgan fingerprint density at radius 2 is 2.38 bits per heavy atom. The van der Waals surface area contributed by atoms with E-state index in [2.05, 4.69) is 0 Å². The van der Waals surface area contributed by atoms with Crippen molar-refractivity contribution in [2.24, 2.45) is 0 Å². The second kappa shape index (κ2) is 4.77. The largest absolute Gasteiger partial charge is 0.508 e. The van der Waals surface area contributed by atoms with Gasteiger partial charge >= 0.3 is 5.97 Å². The lowest BCUT2D eigenvalue weighted by molar-refractivity contribution is 0.0579. The van der Waals surface area contributed by atoms with Crippen LogP contribution >= 0.6 is 11.8 Å². The fourth-order valence-electron chi connectivity index (χ4n) is 0.829. The van der Waals surface area contributed by atoms with Gasteiger partial charge in [0.1, 0.15) is 11.7 Å². The fraction of sp³-hybridized carbons (Fsp3) is 0.222. The molecular weight excluding hydrogens is 188 g/mol. The van der Waals surface area contributed by atoms with E-state index in [9.17, 15) is 4.79 Å². The SMILES string of the molecule is CSCOC(=O)c1cccc(O)c1. The minimum atomic E-state index is -0.412. The van der Waals surface area contributed by atoms with Crippen LogP contribution in [-0.4, -0.2) is 23.3 Å². The Labute approximate surface area is 80.7 Å². The van der Waals surface area contributed by atoms with Gasteiger partial charge in [0.15, 0.2) is 0 Å². The van der Waals surface area contributed by atoms with Crippen molar-refractivity contribution in [2.45, 2.75) is 0 Å². The molecule has 13 heavy (non-hydrogen) atoms. The molecule has 0 aliphatic carbocycles. The number of phenolic OH excluding ortho intramolecular Hbond substituents is 1. The first-order chi connectivity index (χ1) is 6.24. The van der Waals surface area contributed by atoms with Crippen LogP contribution in [0.3, 0.4) is 0 Å². The molecule has 0 radical (unpaired) electrons. The van der Waals surface area contributed by atoms with Gasteiger partial charge in [0.05, 0.1) is 5.56 Å². The maximum Gasteiger partial charge on any atom is 0.339 e. The van der Waals surface area contributed by atoms with Crippen LogP contribution in [0.1, 0.15) is 10.4 Å². The molecule has 0 saturated heterocycles. The van der Waals surface area contributed by atoms with E-state index in [-0.39, 0.29) is 5.75 Å². The molecule has 1 aromatic rings. The third-order valence-corrected chi connectivity index (χ3v) is 1.74. The van der Waals surface area contributed by atoms with Crippen LogP contribution in [0.5, 0.6) is 5.75 Å². The third kappa shape index (κ3) is 2.99. The van der Waals surface area contributed by atoms with Crippen molar-refractivity contribution < 1.29 is 14.6 Å². The average molecular weight is 198 g/mol. The molecule has 0 aliphatic rings. The van der Waals surface area contributed by atoms with Crippen LogP contribution < -0.4 is 0 Å². The van der Waals surface area contributed by atoms with Gasteiger partial charge < -0.3 is 9.84 Å². The summed E-state index contributed by atoms with van der Waals surface area (Å²) in [5.41, 5.74) is 0.369. The van der Waals surface area contributed by atoms with Crippen molar-refractivity contribution >= 4 is 17.7 Å². The molecule has 1 aromatic carbocycles. The lowest BCUT2D eigenvalue weighted by Crippen LogP contribution is -2.03. The van der Waals surface area contributed by atoms with Crippen molar-refractivity contribution in [1.29, 1.82) is 0 Å². The van der Waals surface area contributed by atoms with E-state index in [4.69, 9.17) is 9.84 Å². The van der Waals surface area contributed by atoms with E-state index < -0.39 is 5.97 Å². The number of ether oxygens (including phenoxy) is 1. The Kier molecular flexibility index (Phi) is 3.64. The van der Waals surface area contributed by atoms with Crippen LogP contribution in [0.25, 0.3) is 0 Å². The van der Waals surface area contributed by atoms with Crippen LogP contribution in [-0.2, 0) is 4.74 Å². The average Bonchev–Trinajstić information content (AvgIpc) is 2.14. The molecule has 0 unspecified atom stereocenters. The summed E-state index contributed by atoms with van der Waals surface area (Å²) < 4.78 is 4.85. The van der Waals surface area contributed by atoms with Crippen molar-refractivity contribution in [3.05, 3.63) is 29.8 Å². The molecule has 0 aliphatic heterocycles. The third-order valence-electron chi connectivity index (χ3n) is 1.39. The highest BCUT2D eigenvalue weighted by Gasteiger charge is 2.06. The zero-order valence-electron chi connectivity index (χ0n) is 7.19. The van der Waals surface area contributed by atoms with Crippen LogP contribution in [0, 0.1) is 0 Å². The molecule has 1 N–H and O–H groups in total. The lowest BCUT2D eigenvalue weighted by Gasteiger charge is -2.02. The van der Waals surface area contributed by atoms with E-state index in [1.54, 1.807) is 12.1 Å². The van der Waals surface area contributed by atoms with Crippen LogP contribution in [0.4, 0.5) is 0 Å². The monoisotopic (exact) mass is 198 g/mol. The van der Waals surface area contributed by atoms with Crippen molar-refractivity contribution in [3.63, 3.8) is 0 Å². The second-order valence-corrected chi connectivity index (χ2v) is 3.20. The summed E-state index contributed by atoms with van der Waals surface area (Å²) in [6.45, 7) is 0. The van der Waals surface area contributed by atoms with E-state index in [1.807, 2.05) is 6.26 Å². The van der Waals surface area contributed by atoms with Crippen LogP contribution in [0.2, 0.25) is 0 Å². The summed E-state index contributed by atoms with van der Waals surface area (Å²) in [6.07, 6.45) is 1.84. The van der Waals surface area contributed by atoms with Gasteiger partial charge in [-0.3, -0.25) is 0 Å². The Hall–Kier alpha value is -1.16. The van der Waals surface area contributed by atoms with Crippen LogP contribution in [0.15, 0.2) is 24.3 Å². The second-order valence-electron chi connectivity index (χ2n) is 2.39. The first-order valence-corrected chi connectivity index (χ1v) is 5.08.